The molecule has 2 aromatic carbocycles. The summed E-state index contributed by atoms with van der Waals surface area (Å²) < 4.78 is 5.03. The molecule has 3 rings (SSSR count). The van der Waals surface area contributed by atoms with Crippen LogP contribution < -0.4 is 0 Å². The average molecular weight is 358 g/mol. The molecule has 1 aromatic heterocycles. The minimum absolute atomic E-state index is 0.0764. The van der Waals surface area contributed by atoms with E-state index in [1.807, 2.05) is 25.1 Å². The molecule has 0 amide bonds. The molecule has 0 aliphatic heterocycles. The fourth-order valence-corrected chi connectivity index (χ4v) is 2.87. The number of Topliss-reactive ketones (excluding diaryl/α,β-unsaturated/α-hetero) is 1. The van der Waals surface area contributed by atoms with Gasteiger partial charge in [-0.15, -0.1) is 0 Å². The van der Waals surface area contributed by atoms with Crippen molar-refractivity contribution in [2.45, 2.75) is 13.3 Å². The number of aryl methyl sites for hydroxylation is 1. The molecule has 0 saturated heterocycles. The van der Waals surface area contributed by atoms with Crippen LogP contribution in [0.4, 0.5) is 0 Å². The van der Waals surface area contributed by atoms with E-state index >= 15 is 0 Å². The van der Waals surface area contributed by atoms with E-state index in [-0.39, 0.29) is 17.1 Å². The number of ketones is 1. The van der Waals surface area contributed by atoms with Crippen LogP contribution in [0.1, 0.15) is 33.2 Å². The number of nitrogens with one attached hydrogen (secondary N) is 1. The van der Waals surface area contributed by atoms with Gasteiger partial charge in [-0.25, -0.2) is 4.79 Å². The molecule has 3 aromatic rings. The van der Waals surface area contributed by atoms with Gasteiger partial charge in [-0.05, 0) is 30.2 Å². The minimum Gasteiger partial charge on any atom is -0.507 e. The highest BCUT2D eigenvalue weighted by molar-refractivity contribution is 6.31. The fraction of sp³-hybridized carbons (Fsp3) is 0.158. The highest BCUT2D eigenvalue weighted by atomic mass is 35.5. The molecule has 0 spiro atoms. The van der Waals surface area contributed by atoms with Crippen LogP contribution in [-0.2, 0) is 11.2 Å². The maximum Gasteiger partial charge on any atom is 0.342 e. The zero-order chi connectivity index (χ0) is 18.0. The summed E-state index contributed by atoms with van der Waals surface area (Å²) in [7, 11) is 0. The summed E-state index contributed by atoms with van der Waals surface area (Å²) in [6, 6.07) is 9.78. The van der Waals surface area contributed by atoms with E-state index in [4.69, 9.17) is 16.3 Å². The molecule has 0 unspecified atom stereocenters. The number of aromatic hydroxyl groups is 1. The Morgan fingerprint density at radius 1 is 1.20 bits per heavy atom. The van der Waals surface area contributed by atoms with Crippen LogP contribution in [0.3, 0.4) is 0 Å². The number of fused-ring (bicyclic) bond motifs is 1. The summed E-state index contributed by atoms with van der Waals surface area (Å²) in [5.41, 5.74) is 2.41. The van der Waals surface area contributed by atoms with Gasteiger partial charge in [-0.2, -0.15) is 0 Å². The van der Waals surface area contributed by atoms with Crippen LogP contribution in [-0.4, -0.2) is 28.4 Å². The monoisotopic (exact) mass is 357 g/mol. The van der Waals surface area contributed by atoms with E-state index in [1.165, 1.54) is 18.2 Å². The van der Waals surface area contributed by atoms with Gasteiger partial charge in [-0.1, -0.05) is 36.7 Å². The van der Waals surface area contributed by atoms with Crippen LogP contribution in [0, 0.1) is 0 Å². The van der Waals surface area contributed by atoms with Crippen molar-refractivity contribution in [2.24, 2.45) is 0 Å². The third-order valence-electron chi connectivity index (χ3n) is 4.00. The van der Waals surface area contributed by atoms with Crippen molar-refractivity contribution in [3.05, 3.63) is 64.3 Å². The van der Waals surface area contributed by atoms with Gasteiger partial charge in [0.15, 0.2) is 6.61 Å². The number of ether oxygens (including phenoxy) is 1. The normalized spacial score (nSPS) is 10.8. The summed E-state index contributed by atoms with van der Waals surface area (Å²) in [6.07, 6.45) is 2.46. The number of aromatic nitrogens is 1. The first-order valence-corrected chi connectivity index (χ1v) is 8.17. The fourth-order valence-electron chi connectivity index (χ4n) is 2.70. The number of phenolic OH excluding ortho intramolecular Hbond substituents is 1. The zero-order valence-electron chi connectivity index (χ0n) is 13.5. The van der Waals surface area contributed by atoms with E-state index in [0.29, 0.717) is 10.6 Å². The van der Waals surface area contributed by atoms with Gasteiger partial charge in [0, 0.05) is 27.7 Å². The Kier molecular flexibility index (Phi) is 4.76. The van der Waals surface area contributed by atoms with Crippen molar-refractivity contribution >= 4 is 34.3 Å². The average Bonchev–Trinajstić information content (AvgIpc) is 3.05. The molecule has 128 valence electrons. The van der Waals surface area contributed by atoms with Gasteiger partial charge in [0.25, 0.3) is 0 Å². The first-order chi connectivity index (χ1) is 12.0. The van der Waals surface area contributed by atoms with Crippen LogP contribution >= 0.6 is 11.6 Å². The lowest BCUT2D eigenvalue weighted by Crippen LogP contribution is -2.14. The number of carbonyl (C=O) groups excluding carboxylic acids is 2. The number of hydrogen-bond donors (Lipinski definition) is 2. The van der Waals surface area contributed by atoms with Gasteiger partial charge in [0.2, 0.25) is 5.78 Å². The van der Waals surface area contributed by atoms with Gasteiger partial charge in [0.05, 0.1) is 0 Å². The van der Waals surface area contributed by atoms with E-state index in [2.05, 4.69) is 4.98 Å². The van der Waals surface area contributed by atoms with Crippen LogP contribution in [0.5, 0.6) is 5.75 Å². The Morgan fingerprint density at radius 3 is 2.76 bits per heavy atom. The summed E-state index contributed by atoms with van der Waals surface area (Å²) in [4.78, 5) is 27.6. The van der Waals surface area contributed by atoms with Gasteiger partial charge >= 0.3 is 5.97 Å². The number of H-pyrrole nitrogens is 1. The minimum atomic E-state index is -0.803. The number of phenols is 1. The maximum absolute atomic E-state index is 12.4. The Labute approximate surface area is 149 Å². The number of benzene rings is 2. The molecule has 0 fully saturated rings. The second kappa shape index (κ2) is 6.99. The summed E-state index contributed by atoms with van der Waals surface area (Å²) in [5.74, 6) is -1.38. The smallest absolute Gasteiger partial charge is 0.342 e. The van der Waals surface area contributed by atoms with Gasteiger partial charge in [0.1, 0.15) is 11.3 Å². The lowest BCUT2D eigenvalue weighted by Gasteiger charge is -2.06. The Hall–Kier alpha value is -2.79. The molecule has 0 aliphatic carbocycles. The SMILES string of the molecule is CCc1cccc2c(C(=O)COC(=O)c3cc(Cl)ccc3O)c[nH]c12. The zero-order valence-corrected chi connectivity index (χ0v) is 14.3. The quantitative estimate of drug-likeness (QED) is 0.531. The van der Waals surface area contributed by atoms with E-state index in [1.54, 1.807) is 6.20 Å². The third kappa shape index (κ3) is 3.37. The van der Waals surface area contributed by atoms with Crippen LogP contribution in [0.2, 0.25) is 5.02 Å². The number of hydrogen-bond acceptors (Lipinski definition) is 4. The van der Waals surface area contributed by atoms with E-state index in [0.717, 1.165) is 22.9 Å². The molecule has 0 radical (unpaired) electrons. The van der Waals surface area contributed by atoms with Gasteiger partial charge in [-0.3, -0.25) is 4.79 Å². The van der Waals surface area contributed by atoms with Crippen LogP contribution in [0.15, 0.2) is 42.6 Å². The summed E-state index contributed by atoms with van der Waals surface area (Å²) in [5, 5.41) is 10.8. The Morgan fingerprint density at radius 2 is 2.00 bits per heavy atom. The van der Waals surface area contributed by atoms with E-state index in [9.17, 15) is 14.7 Å². The molecular formula is C19H16ClNO4. The molecule has 1 heterocycles. The predicted octanol–water partition coefficient (Wildman–Crippen LogP) is 4.13. The lowest BCUT2D eigenvalue weighted by atomic mass is 10.1. The molecule has 0 bridgehead atoms. The number of aromatic amines is 1. The van der Waals surface area contributed by atoms with Crippen molar-refractivity contribution in [3.8, 4) is 5.75 Å². The second-order valence-corrected chi connectivity index (χ2v) is 5.99. The maximum atomic E-state index is 12.4. The first kappa shape index (κ1) is 17.0. The van der Waals surface area contributed by atoms with Crippen molar-refractivity contribution in [1.29, 1.82) is 0 Å². The number of esters is 1. The molecule has 0 atom stereocenters. The summed E-state index contributed by atoms with van der Waals surface area (Å²) >= 11 is 5.81. The van der Waals surface area contributed by atoms with Crippen molar-refractivity contribution in [3.63, 3.8) is 0 Å². The summed E-state index contributed by atoms with van der Waals surface area (Å²) in [6.45, 7) is 1.62. The number of para-hydroxylation sites is 1. The first-order valence-electron chi connectivity index (χ1n) is 7.79. The molecule has 5 nitrogen and oxygen atoms in total. The molecule has 0 aliphatic rings. The molecule has 0 saturated carbocycles. The lowest BCUT2D eigenvalue weighted by molar-refractivity contribution is 0.0472. The van der Waals surface area contributed by atoms with Crippen molar-refractivity contribution in [2.75, 3.05) is 6.61 Å². The molecule has 25 heavy (non-hydrogen) atoms. The second-order valence-electron chi connectivity index (χ2n) is 5.56. The van der Waals surface area contributed by atoms with E-state index < -0.39 is 12.6 Å². The topological polar surface area (TPSA) is 79.4 Å². The van der Waals surface area contributed by atoms with Crippen molar-refractivity contribution in [1.82, 2.24) is 4.98 Å². The third-order valence-corrected chi connectivity index (χ3v) is 4.23. The highest BCUT2D eigenvalue weighted by Gasteiger charge is 2.18. The Balaban J connectivity index is 1.77. The standard InChI is InChI=1S/C19H16ClNO4/c1-2-11-4-3-5-13-15(9-21-18(11)13)17(23)10-25-19(24)14-8-12(20)6-7-16(14)22/h3-9,21-22H,2,10H2,1H3. The molecule has 6 heteroatoms. The van der Waals surface area contributed by atoms with Crippen molar-refractivity contribution < 1.29 is 19.4 Å². The number of carbonyl (C=O) groups is 2. The molecule has 2 N–H and O–H groups in total. The largest absolute Gasteiger partial charge is 0.507 e. The Bertz CT molecular complexity index is 961. The molecular weight excluding hydrogens is 342 g/mol. The number of halogens is 1. The highest BCUT2D eigenvalue weighted by Crippen LogP contribution is 2.24. The predicted molar refractivity (Wildman–Crippen MR) is 95.4 cm³/mol. The van der Waals surface area contributed by atoms with Gasteiger partial charge < -0.3 is 14.8 Å². The van der Waals surface area contributed by atoms with Crippen LogP contribution in [0.25, 0.3) is 10.9 Å². The number of rotatable bonds is 5.